The molecular weight excluding hydrogens is 144 g/mol. The highest BCUT2D eigenvalue weighted by atomic mass is 16.6. The predicted molar refractivity (Wildman–Crippen MR) is 40.2 cm³/mol. The third-order valence-corrected chi connectivity index (χ3v) is 1.75. The first-order chi connectivity index (χ1) is 5.33. The Balaban J connectivity index is 2.12. The molecule has 0 spiro atoms. The monoisotopic (exact) mass is 158 g/mol. The van der Waals surface area contributed by atoms with E-state index in [0.717, 1.165) is 19.3 Å². The number of hydrogen-bond acceptors (Lipinski definition) is 3. The number of carbonyl (C=O) groups excluding carboxylic acids is 1. The molecule has 0 N–H and O–H groups in total. The first-order valence-electron chi connectivity index (χ1n) is 4.10. The van der Waals surface area contributed by atoms with Crippen molar-refractivity contribution in [2.75, 3.05) is 13.2 Å². The molecule has 64 valence electrons. The molecule has 1 unspecified atom stereocenters. The van der Waals surface area contributed by atoms with Crippen LogP contribution in [0.25, 0.3) is 0 Å². The molecule has 1 aliphatic rings. The predicted octanol–water partition coefficient (Wildman–Crippen LogP) is 1.12. The molecule has 0 aromatic rings. The highest BCUT2D eigenvalue weighted by Crippen LogP contribution is 2.09. The summed E-state index contributed by atoms with van der Waals surface area (Å²) in [5.74, 6) is -0.238. The molecule has 1 aliphatic heterocycles. The van der Waals surface area contributed by atoms with Gasteiger partial charge in [-0.15, -0.1) is 0 Å². The maximum absolute atomic E-state index is 10.5. The lowest BCUT2D eigenvalue weighted by atomic mass is 10.1. The van der Waals surface area contributed by atoms with Gasteiger partial charge in [0.1, 0.15) is 13.2 Å². The molecule has 1 heterocycles. The molecule has 3 heteroatoms. The largest absolute Gasteiger partial charge is 0.461 e. The van der Waals surface area contributed by atoms with Crippen molar-refractivity contribution in [3.05, 3.63) is 0 Å². The van der Waals surface area contributed by atoms with E-state index in [4.69, 9.17) is 9.47 Å². The molecule has 1 saturated heterocycles. The first kappa shape index (κ1) is 8.53. The van der Waals surface area contributed by atoms with Crippen LogP contribution in [0.5, 0.6) is 0 Å². The van der Waals surface area contributed by atoms with Gasteiger partial charge in [-0.25, -0.2) is 4.79 Å². The van der Waals surface area contributed by atoms with Crippen LogP contribution >= 0.6 is 0 Å². The van der Waals surface area contributed by atoms with Crippen LogP contribution in [0.15, 0.2) is 0 Å². The van der Waals surface area contributed by atoms with Crippen molar-refractivity contribution in [1.82, 2.24) is 0 Å². The van der Waals surface area contributed by atoms with Crippen LogP contribution < -0.4 is 0 Å². The van der Waals surface area contributed by atoms with Crippen LogP contribution in [0.4, 0.5) is 0 Å². The molecular formula is C8H14O3. The van der Waals surface area contributed by atoms with Crippen molar-refractivity contribution in [3.63, 3.8) is 0 Å². The molecule has 1 rings (SSSR count). The standard InChI is InChI=1S/C8H14O3/c1-2-3-4-7-5-11-8(9)6-10-7/h7H,2-6H2,1H3. The summed E-state index contributed by atoms with van der Waals surface area (Å²) in [6.07, 6.45) is 3.45. The highest BCUT2D eigenvalue weighted by molar-refractivity contribution is 5.71. The van der Waals surface area contributed by atoms with E-state index in [-0.39, 0.29) is 18.7 Å². The number of hydrogen-bond donors (Lipinski definition) is 0. The average Bonchev–Trinajstić information content (AvgIpc) is 2.04. The molecule has 0 radical (unpaired) electrons. The van der Waals surface area contributed by atoms with Crippen molar-refractivity contribution in [3.8, 4) is 0 Å². The Morgan fingerprint density at radius 3 is 3.00 bits per heavy atom. The van der Waals surface area contributed by atoms with Crippen molar-refractivity contribution >= 4 is 5.97 Å². The third-order valence-electron chi connectivity index (χ3n) is 1.75. The Bertz CT molecular complexity index is 123. The SMILES string of the molecule is CCCCC1COC(=O)CO1. The summed E-state index contributed by atoms with van der Waals surface area (Å²) in [5, 5.41) is 0. The Kier molecular flexibility index (Phi) is 3.36. The summed E-state index contributed by atoms with van der Waals surface area (Å²) in [5.41, 5.74) is 0. The van der Waals surface area contributed by atoms with E-state index >= 15 is 0 Å². The second-order valence-electron chi connectivity index (χ2n) is 2.76. The smallest absolute Gasteiger partial charge is 0.332 e. The van der Waals surface area contributed by atoms with E-state index in [9.17, 15) is 4.79 Å². The fourth-order valence-corrected chi connectivity index (χ4v) is 1.06. The molecule has 1 atom stereocenters. The molecule has 0 amide bonds. The van der Waals surface area contributed by atoms with E-state index in [1.54, 1.807) is 0 Å². The van der Waals surface area contributed by atoms with Gasteiger partial charge in [0.05, 0.1) is 6.10 Å². The molecule has 11 heavy (non-hydrogen) atoms. The van der Waals surface area contributed by atoms with Gasteiger partial charge in [0.15, 0.2) is 0 Å². The zero-order valence-electron chi connectivity index (χ0n) is 6.84. The van der Waals surface area contributed by atoms with E-state index in [2.05, 4.69) is 6.92 Å². The molecule has 0 aromatic carbocycles. The Labute approximate surface area is 66.7 Å². The summed E-state index contributed by atoms with van der Waals surface area (Å²) >= 11 is 0. The van der Waals surface area contributed by atoms with Gasteiger partial charge in [0.2, 0.25) is 0 Å². The lowest BCUT2D eigenvalue weighted by Crippen LogP contribution is -2.32. The number of ether oxygens (including phenoxy) is 2. The van der Waals surface area contributed by atoms with E-state index in [1.165, 1.54) is 0 Å². The van der Waals surface area contributed by atoms with Gasteiger partial charge in [0, 0.05) is 0 Å². The summed E-state index contributed by atoms with van der Waals surface area (Å²) in [6, 6.07) is 0. The van der Waals surface area contributed by atoms with E-state index in [0.29, 0.717) is 6.61 Å². The van der Waals surface area contributed by atoms with Gasteiger partial charge >= 0.3 is 5.97 Å². The third kappa shape index (κ3) is 2.89. The minimum Gasteiger partial charge on any atom is -0.461 e. The van der Waals surface area contributed by atoms with Gasteiger partial charge in [-0.2, -0.15) is 0 Å². The lowest BCUT2D eigenvalue weighted by molar-refractivity contribution is -0.168. The van der Waals surface area contributed by atoms with Crippen LogP contribution in [0.1, 0.15) is 26.2 Å². The van der Waals surface area contributed by atoms with Crippen molar-refractivity contribution in [2.45, 2.75) is 32.3 Å². The first-order valence-corrected chi connectivity index (χ1v) is 4.10. The summed E-state index contributed by atoms with van der Waals surface area (Å²) in [6.45, 7) is 2.71. The number of carbonyl (C=O) groups is 1. The van der Waals surface area contributed by atoms with Gasteiger partial charge in [-0.05, 0) is 6.42 Å². The molecule has 0 saturated carbocycles. The Hall–Kier alpha value is -0.570. The summed E-state index contributed by atoms with van der Waals surface area (Å²) in [4.78, 5) is 10.5. The van der Waals surface area contributed by atoms with Crippen LogP contribution in [0, 0.1) is 0 Å². The molecule has 0 aromatic heterocycles. The Morgan fingerprint density at radius 1 is 1.64 bits per heavy atom. The normalized spacial score (nSPS) is 24.8. The van der Waals surface area contributed by atoms with Crippen LogP contribution in [-0.4, -0.2) is 25.3 Å². The van der Waals surface area contributed by atoms with Crippen LogP contribution in [0.3, 0.4) is 0 Å². The second-order valence-corrected chi connectivity index (χ2v) is 2.76. The summed E-state index contributed by atoms with van der Waals surface area (Å²) in [7, 11) is 0. The van der Waals surface area contributed by atoms with Crippen molar-refractivity contribution in [1.29, 1.82) is 0 Å². The van der Waals surface area contributed by atoms with Crippen molar-refractivity contribution < 1.29 is 14.3 Å². The van der Waals surface area contributed by atoms with Crippen LogP contribution in [-0.2, 0) is 14.3 Å². The number of cyclic esters (lactones) is 1. The van der Waals surface area contributed by atoms with Gasteiger partial charge < -0.3 is 9.47 Å². The van der Waals surface area contributed by atoms with Crippen molar-refractivity contribution in [2.24, 2.45) is 0 Å². The topological polar surface area (TPSA) is 35.5 Å². The van der Waals surface area contributed by atoms with E-state index in [1.807, 2.05) is 0 Å². The lowest BCUT2D eigenvalue weighted by Gasteiger charge is -2.21. The molecule has 3 nitrogen and oxygen atoms in total. The van der Waals surface area contributed by atoms with Gasteiger partial charge in [-0.1, -0.05) is 19.8 Å². The molecule has 0 aliphatic carbocycles. The maximum Gasteiger partial charge on any atom is 0.332 e. The quantitative estimate of drug-likeness (QED) is 0.577. The fourth-order valence-electron chi connectivity index (χ4n) is 1.06. The average molecular weight is 158 g/mol. The zero-order chi connectivity index (χ0) is 8.10. The number of esters is 1. The zero-order valence-corrected chi connectivity index (χ0v) is 6.84. The maximum atomic E-state index is 10.5. The minimum atomic E-state index is -0.238. The van der Waals surface area contributed by atoms with E-state index < -0.39 is 0 Å². The Morgan fingerprint density at radius 2 is 2.45 bits per heavy atom. The number of rotatable bonds is 3. The molecule has 0 bridgehead atoms. The molecule has 1 fully saturated rings. The number of unbranched alkanes of at least 4 members (excludes halogenated alkanes) is 1. The highest BCUT2D eigenvalue weighted by Gasteiger charge is 2.18. The van der Waals surface area contributed by atoms with Gasteiger partial charge in [-0.3, -0.25) is 0 Å². The second kappa shape index (κ2) is 4.34. The van der Waals surface area contributed by atoms with Gasteiger partial charge in [0.25, 0.3) is 0 Å². The minimum absolute atomic E-state index is 0.133. The summed E-state index contributed by atoms with van der Waals surface area (Å²) < 4.78 is 10.0. The van der Waals surface area contributed by atoms with Crippen LogP contribution in [0.2, 0.25) is 0 Å². The fraction of sp³-hybridized carbons (Fsp3) is 0.875.